The van der Waals surface area contributed by atoms with Crippen molar-refractivity contribution in [2.75, 3.05) is 6.54 Å². The van der Waals surface area contributed by atoms with Crippen LogP contribution in [-0.4, -0.2) is 50.1 Å². The Labute approximate surface area is 139 Å². The number of benzene rings is 1. The second kappa shape index (κ2) is 6.07. The van der Waals surface area contributed by atoms with Crippen molar-refractivity contribution in [3.8, 4) is 5.69 Å². The van der Waals surface area contributed by atoms with Crippen LogP contribution >= 0.6 is 0 Å². The summed E-state index contributed by atoms with van der Waals surface area (Å²) in [5.74, 6) is -0.200. The van der Waals surface area contributed by atoms with E-state index in [-0.39, 0.29) is 17.6 Å². The molecule has 7 nitrogen and oxygen atoms in total. The first-order chi connectivity index (χ1) is 11.7. The number of aromatic nitrogens is 3. The van der Waals surface area contributed by atoms with Gasteiger partial charge in [-0.2, -0.15) is 0 Å². The molecule has 1 unspecified atom stereocenters. The van der Waals surface area contributed by atoms with Crippen molar-refractivity contribution >= 4 is 11.8 Å². The van der Waals surface area contributed by atoms with Crippen LogP contribution in [0.4, 0.5) is 0 Å². The number of nitrogens with zero attached hydrogens (tertiary/aromatic N) is 4. The summed E-state index contributed by atoms with van der Waals surface area (Å²) in [6.07, 6.45) is 5.13. The fourth-order valence-electron chi connectivity index (χ4n) is 3.00. The third kappa shape index (κ3) is 2.89. The summed E-state index contributed by atoms with van der Waals surface area (Å²) in [7, 11) is 0. The molecule has 24 heavy (non-hydrogen) atoms. The molecule has 0 spiro atoms. The van der Waals surface area contributed by atoms with Crippen LogP contribution in [0.15, 0.2) is 36.7 Å². The molecule has 1 N–H and O–H groups in total. The number of carbonyl (C=O) groups excluding carboxylic acids is 2. The van der Waals surface area contributed by atoms with Crippen molar-refractivity contribution in [2.24, 2.45) is 0 Å². The number of para-hydroxylation sites is 1. The highest BCUT2D eigenvalue weighted by Crippen LogP contribution is 2.23. The first-order valence-corrected chi connectivity index (χ1v) is 8.31. The molecule has 0 radical (unpaired) electrons. The summed E-state index contributed by atoms with van der Waals surface area (Å²) >= 11 is 0. The van der Waals surface area contributed by atoms with Gasteiger partial charge in [0.25, 0.3) is 5.91 Å². The molecule has 7 heteroatoms. The lowest BCUT2D eigenvalue weighted by atomic mass is 10.2. The Bertz CT molecular complexity index is 753. The lowest BCUT2D eigenvalue weighted by Gasteiger charge is -2.22. The van der Waals surface area contributed by atoms with Crippen molar-refractivity contribution < 1.29 is 9.59 Å². The van der Waals surface area contributed by atoms with E-state index >= 15 is 0 Å². The van der Waals surface area contributed by atoms with Crippen LogP contribution in [0.25, 0.3) is 5.69 Å². The van der Waals surface area contributed by atoms with Gasteiger partial charge >= 0.3 is 0 Å². The Morgan fingerprint density at radius 1 is 1.12 bits per heavy atom. The normalized spacial score (nSPS) is 20.2. The Hall–Kier alpha value is -2.70. The van der Waals surface area contributed by atoms with E-state index in [1.54, 1.807) is 9.58 Å². The van der Waals surface area contributed by atoms with E-state index in [2.05, 4.69) is 15.4 Å². The minimum atomic E-state index is -0.401. The lowest BCUT2D eigenvalue weighted by Crippen LogP contribution is -2.46. The Kier molecular flexibility index (Phi) is 3.76. The smallest absolute Gasteiger partial charge is 0.294 e. The molecule has 1 aliphatic heterocycles. The van der Waals surface area contributed by atoms with Gasteiger partial charge in [0.15, 0.2) is 0 Å². The summed E-state index contributed by atoms with van der Waals surface area (Å²) in [6.45, 7) is 0.571. The molecule has 2 aromatic rings. The highest BCUT2D eigenvalue weighted by atomic mass is 16.2. The largest absolute Gasteiger partial charge is 0.352 e. The molecule has 2 heterocycles. The third-order valence-corrected chi connectivity index (χ3v) is 4.44. The Morgan fingerprint density at radius 3 is 2.67 bits per heavy atom. The highest BCUT2D eigenvalue weighted by molar-refractivity contribution is 5.95. The summed E-state index contributed by atoms with van der Waals surface area (Å²) in [5, 5.41) is 7.26. The maximum absolute atomic E-state index is 12.7. The maximum Gasteiger partial charge on any atom is 0.294 e. The topological polar surface area (TPSA) is 80.1 Å². The van der Waals surface area contributed by atoms with Gasteiger partial charge in [0.2, 0.25) is 11.7 Å². The second-order valence-electron chi connectivity index (χ2n) is 6.29. The highest BCUT2D eigenvalue weighted by Gasteiger charge is 2.37. The van der Waals surface area contributed by atoms with E-state index in [9.17, 15) is 9.59 Å². The number of rotatable bonds is 4. The van der Waals surface area contributed by atoms with Gasteiger partial charge in [-0.05, 0) is 37.8 Å². The van der Waals surface area contributed by atoms with Crippen molar-refractivity contribution in [2.45, 2.75) is 37.8 Å². The van der Waals surface area contributed by atoms with Crippen LogP contribution in [0.5, 0.6) is 0 Å². The third-order valence-electron chi connectivity index (χ3n) is 4.44. The predicted octanol–water partition coefficient (Wildman–Crippen LogP) is 1.15. The zero-order valence-electron chi connectivity index (χ0n) is 13.3. The second-order valence-corrected chi connectivity index (χ2v) is 6.29. The molecule has 1 aliphatic carbocycles. The first kappa shape index (κ1) is 14.9. The summed E-state index contributed by atoms with van der Waals surface area (Å²) in [4.78, 5) is 30.8. The predicted molar refractivity (Wildman–Crippen MR) is 86.6 cm³/mol. The molecule has 4 rings (SSSR count). The molecule has 2 amide bonds. The zero-order valence-corrected chi connectivity index (χ0v) is 13.3. The molecule has 1 aromatic carbocycles. The fourth-order valence-corrected chi connectivity index (χ4v) is 3.00. The molecule has 2 fully saturated rings. The van der Waals surface area contributed by atoms with E-state index in [0.717, 1.165) is 24.9 Å². The SMILES string of the molecule is O=C(NC1CC1)C1CCCN1C(=O)c1ncn(-c2ccccc2)n1. The van der Waals surface area contributed by atoms with Gasteiger partial charge in [-0.15, -0.1) is 5.10 Å². The van der Waals surface area contributed by atoms with Gasteiger partial charge in [-0.25, -0.2) is 9.67 Å². The summed E-state index contributed by atoms with van der Waals surface area (Å²) in [5.41, 5.74) is 0.841. The fraction of sp³-hybridized carbons (Fsp3) is 0.412. The number of carbonyl (C=O) groups is 2. The molecule has 1 aromatic heterocycles. The van der Waals surface area contributed by atoms with Gasteiger partial charge in [-0.3, -0.25) is 9.59 Å². The molecule has 1 saturated carbocycles. The van der Waals surface area contributed by atoms with Gasteiger partial charge in [0.05, 0.1) is 5.69 Å². The zero-order chi connectivity index (χ0) is 16.5. The number of nitrogens with one attached hydrogen (secondary N) is 1. The van der Waals surface area contributed by atoms with Crippen molar-refractivity contribution in [3.05, 3.63) is 42.5 Å². The van der Waals surface area contributed by atoms with E-state index in [4.69, 9.17) is 0 Å². The first-order valence-electron chi connectivity index (χ1n) is 8.31. The van der Waals surface area contributed by atoms with E-state index in [1.165, 1.54) is 6.33 Å². The lowest BCUT2D eigenvalue weighted by molar-refractivity contribution is -0.125. The van der Waals surface area contributed by atoms with Crippen molar-refractivity contribution in [3.63, 3.8) is 0 Å². The van der Waals surface area contributed by atoms with Crippen molar-refractivity contribution in [1.29, 1.82) is 0 Å². The number of amides is 2. The van der Waals surface area contributed by atoms with Gasteiger partial charge < -0.3 is 10.2 Å². The molecule has 124 valence electrons. The molecule has 1 atom stereocenters. The standard InChI is InChI=1S/C17H19N5O2/c23-16(19-12-8-9-12)14-7-4-10-21(14)17(24)15-18-11-22(20-15)13-5-2-1-3-6-13/h1-3,5-6,11-12,14H,4,7-10H2,(H,19,23). The maximum atomic E-state index is 12.7. The molecule has 1 saturated heterocycles. The number of likely N-dealkylation sites (tertiary alicyclic amines) is 1. The molecule has 0 bridgehead atoms. The number of hydrogen-bond donors (Lipinski definition) is 1. The van der Waals surface area contributed by atoms with Crippen LogP contribution < -0.4 is 5.32 Å². The molecule has 2 aliphatic rings. The van der Waals surface area contributed by atoms with E-state index in [0.29, 0.717) is 19.0 Å². The summed E-state index contributed by atoms with van der Waals surface area (Å²) < 4.78 is 1.57. The molecular weight excluding hydrogens is 306 g/mol. The van der Waals surface area contributed by atoms with Crippen LogP contribution in [0, 0.1) is 0 Å². The minimum absolute atomic E-state index is 0.0501. The Balaban J connectivity index is 1.50. The average Bonchev–Trinajstić information content (AvgIpc) is 3.12. The van der Waals surface area contributed by atoms with Crippen LogP contribution in [0.2, 0.25) is 0 Å². The van der Waals surface area contributed by atoms with E-state index in [1.807, 2.05) is 30.3 Å². The summed E-state index contributed by atoms with van der Waals surface area (Å²) in [6, 6.07) is 9.40. The minimum Gasteiger partial charge on any atom is -0.352 e. The monoisotopic (exact) mass is 325 g/mol. The van der Waals surface area contributed by atoms with Gasteiger partial charge in [-0.1, -0.05) is 18.2 Å². The van der Waals surface area contributed by atoms with Crippen LogP contribution in [0.1, 0.15) is 36.3 Å². The van der Waals surface area contributed by atoms with Crippen molar-refractivity contribution in [1.82, 2.24) is 25.0 Å². The molecular formula is C17H19N5O2. The number of hydrogen-bond acceptors (Lipinski definition) is 4. The van der Waals surface area contributed by atoms with Crippen LogP contribution in [-0.2, 0) is 4.79 Å². The van der Waals surface area contributed by atoms with E-state index < -0.39 is 6.04 Å². The Morgan fingerprint density at radius 2 is 1.92 bits per heavy atom. The quantitative estimate of drug-likeness (QED) is 0.914. The van der Waals surface area contributed by atoms with Gasteiger partial charge in [0, 0.05) is 12.6 Å². The van der Waals surface area contributed by atoms with Crippen LogP contribution in [0.3, 0.4) is 0 Å². The van der Waals surface area contributed by atoms with Gasteiger partial charge in [0.1, 0.15) is 12.4 Å². The average molecular weight is 325 g/mol.